The predicted octanol–water partition coefficient (Wildman–Crippen LogP) is 1.55. The maximum absolute atomic E-state index is 4.49. The van der Waals surface area contributed by atoms with Crippen LogP contribution in [-0.4, -0.2) is 22.0 Å². The van der Waals surface area contributed by atoms with Crippen LogP contribution >= 0.6 is 0 Å². The van der Waals surface area contributed by atoms with Crippen LogP contribution in [0.1, 0.15) is 30.1 Å². The molecule has 1 aliphatic rings. The molecular weight excluding hydrogens is 188 g/mol. The number of rotatable bonds is 3. The lowest BCUT2D eigenvalue weighted by Gasteiger charge is -1.97. The molecule has 2 heterocycles. The van der Waals surface area contributed by atoms with Crippen molar-refractivity contribution in [1.82, 2.24) is 20.3 Å². The first kappa shape index (κ1) is 8.85. The van der Waals surface area contributed by atoms with E-state index in [-0.39, 0.29) is 0 Å². The summed E-state index contributed by atoms with van der Waals surface area (Å²) in [5.41, 5.74) is 3.09. The Hall–Kier alpha value is -1.42. The molecule has 0 amide bonds. The van der Waals surface area contributed by atoms with Crippen molar-refractivity contribution in [3.05, 3.63) is 23.7 Å². The number of aromatic nitrogens is 3. The fourth-order valence-corrected chi connectivity index (χ4v) is 1.81. The van der Waals surface area contributed by atoms with E-state index in [1.54, 1.807) is 0 Å². The molecule has 0 bridgehead atoms. The molecule has 2 aromatic heterocycles. The summed E-state index contributed by atoms with van der Waals surface area (Å²) in [6, 6.07) is 2.12. The van der Waals surface area contributed by atoms with E-state index in [9.17, 15) is 0 Å². The molecule has 1 saturated carbocycles. The fraction of sp³-hybridized carbons (Fsp3) is 0.455. The second-order valence-corrected chi connectivity index (χ2v) is 4.14. The Kier molecular flexibility index (Phi) is 1.95. The van der Waals surface area contributed by atoms with Crippen molar-refractivity contribution in [2.45, 2.75) is 25.3 Å². The quantitative estimate of drug-likeness (QED) is 0.794. The van der Waals surface area contributed by atoms with Gasteiger partial charge < -0.3 is 10.3 Å². The van der Waals surface area contributed by atoms with Gasteiger partial charge in [0, 0.05) is 18.7 Å². The number of H-pyrrole nitrogens is 1. The van der Waals surface area contributed by atoms with Gasteiger partial charge in [-0.05, 0) is 31.5 Å². The normalized spacial score (nSPS) is 16.1. The van der Waals surface area contributed by atoms with Crippen LogP contribution in [0.3, 0.4) is 0 Å². The third-order valence-corrected chi connectivity index (χ3v) is 2.76. The molecule has 2 N–H and O–H groups in total. The van der Waals surface area contributed by atoms with Gasteiger partial charge in [0.15, 0.2) is 5.65 Å². The molecule has 1 fully saturated rings. The number of fused-ring (bicyclic) bond motifs is 1. The van der Waals surface area contributed by atoms with Crippen molar-refractivity contribution < 1.29 is 0 Å². The number of imidazole rings is 1. The molecule has 1 aliphatic carbocycles. The Morgan fingerprint density at radius 2 is 2.40 bits per heavy atom. The number of nitrogens with one attached hydrogen (secondary N) is 2. The maximum Gasteiger partial charge on any atom is 0.177 e. The van der Waals surface area contributed by atoms with Crippen LogP contribution in [-0.2, 0) is 6.54 Å². The van der Waals surface area contributed by atoms with E-state index in [4.69, 9.17) is 0 Å². The highest BCUT2D eigenvalue weighted by atomic mass is 15.0. The van der Waals surface area contributed by atoms with Crippen LogP contribution in [0.15, 0.2) is 12.3 Å². The van der Waals surface area contributed by atoms with E-state index in [1.165, 1.54) is 18.4 Å². The summed E-state index contributed by atoms with van der Waals surface area (Å²) in [6.45, 7) is 0.848. The first-order chi connectivity index (χ1) is 7.36. The fourth-order valence-electron chi connectivity index (χ4n) is 1.81. The van der Waals surface area contributed by atoms with E-state index >= 15 is 0 Å². The third kappa shape index (κ3) is 1.61. The molecular formula is C11H14N4. The van der Waals surface area contributed by atoms with Crippen LogP contribution in [0, 0.1) is 0 Å². The Balaban J connectivity index is 2.02. The van der Waals surface area contributed by atoms with Crippen LogP contribution in [0.4, 0.5) is 0 Å². The molecule has 4 heteroatoms. The summed E-state index contributed by atoms with van der Waals surface area (Å²) in [7, 11) is 1.94. The lowest BCUT2D eigenvalue weighted by atomic mass is 10.3. The smallest absolute Gasteiger partial charge is 0.177 e. The number of hydrogen-bond donors (Lipinski definition) is 2. The van der Waals surface area contributed by atoms with Gasteiger partial charge in [-0.25, -0.2) is 9.97 Å². The highest BCUT2D eigenvalue weighted by Crippen LogP contribution is 2.38. The van der Waals surface area contributed by atoms with E-state index < -0.39 is 0 Å². The highest BCUT2D eigenvalue weighted by Gasteiger charge is 2.26. The first-order valence-corrected chi connectivity index (χ1v) is 5.36. The van der Waals surface area contributed by atoms with Gasteiger partial charge in [-0.1, -0.05) is 0 Å². The Morgan fingerprint density at radius 1 is 1.53 bits per heavy atom. The van der Waals surface area contributed by atoms with Gasteiger partial charge >= 0.3 is 0 Å². The van der Waals surface area contributed by atoms with E-state index in [2.05, 4.69) is 26.3 Å². The van der Waals surface area contributed by atoms with Crippen molar-refractivity contribution in [3.8, 4) is 0 Å². The minimum Gasteiger partial charge on any atom is -0.340 e. The zero-order valence-corrected chi connectivity index (χ0v) is 8.75. The average molecular weight is 202 g/mol. The van der Waals surface area contributed by atoms with Crippen molar-refractivity contribution >= 4 is 11.2 Å². The van der Waals surface area contributed by atoms with E-state index in [0.29, 0.717) is 5.92 Å². The molecule has 78 valence electrons. The van der Waals surface area contributed by atoms with Gasteiger partial charge in [-0.15, -0.1) is 0 Å². The molecule has 0 spiro atoms. The van der Waals surface area contributed by atoms with E-state index in [1.807, 2.05) is 13.2 Å². The van der Waals surface area contributed by atoms with Gasteiger partial charge in [0.2, 0.25) is 0 Å². The summed E-state index contributed by atoms with van der Waals surface area (Å²) in [5.74, 6) is 1.77. The minimum atomic E-state index is 0.659. The maximum atomic E-state index is 4.49. The van der Waals surface area contributed by atoms with Crippen molar-refractivity contribution in [2.75, 3.05) is 7.05 Å². The van der Waals surface area contributed by atoms with Gasteiger partial charge in [-0.2, -0.15) is 0 Å². The van der Waals surface area contributed by atoms with Gasteiger partial charge in [0.1, 0.15) is 5.82 Å². The summed E-state index contributed by atoms with van der Waals surface area (Å²) in [5, 5.41) is 3.12. The number of pyridine rings is 1. The van der Waals surface area contributed by atoms with Crippen molar-refractivity contribution in [3.63, 3.8) is 0 Å². The molecule has 0 aliphatic heterocycles. The number of nitrogens with zero attached hydrogens (tertiary/aromatic N) is 2. The third-order valence-electron chi connectivity index (χ3n) is 2.76. The monoisotopic (exact) mass is 202 g/mol. The summed E-state index contributed by atoms with van der Waals surface area (Å²) < 4.78 is 0. The largest absolute Gasteiger partial charge is 0.340 e. The van der Waals surface area contributed by atoms with Crippen LogP contribution in [0.25, 0.3) is 11.2 Å². The molecule has 0 saturated heterocycles. The Morgan fingerprint density at radius 3 is 3.13 bits per heavy atom. The van der Waals surface area contributed by atoms with Crippen LogP contribution in [0.5, 0.6) is 0 Å². The Bertz CT molecular complexity index is 484. The topological polar surface area (TPSA) is 53.6 Å². The second kappa shape index (κ2) is 3.31. The molecule has 4 nitrogen and oxygen atoms in total. The van der Waals surface area contributed by atoms with Crippen LogP contribution < -0.4 is 5.32 Å². The predicted molar refractivity (Wildman–Crippen MR) is 58.6 cm³/mol. The van der Waals surface area contributed by atoms with Gasteiger partial charge in [0.25, 0.3) is 0 Å². The van der Waals surface area contributed by atoms with Crippen molar-refractivity contribution in [1.29, 1.82) is 0 Å². The summed E-state index contributed by atoms with van der Waals surface area (Å²) in [4.78, 5) is 12.2. The molecule has 0 aromatic carbocycles. The Labute approximate surface area is 88.1 Å². The summed E-state index contributed by atoms with van der Waals surface area (Å²) >= 11 is 0. The molecule has 3 rings (SSSR count). The van der Waals surface area contributed by atoms with E-state index in [0.717, 1.165) is 23.5 Å². The second-order valence-electron chi connectivity index (χ2n) is 4.14. The average Bonchev–Trinajstić information content (AvgIpc) is 2.99. The van der Waals surface area contributed by atoms with Gasteiger partial charge in [-0.3, -0.25) is 0 Å². The molecule has 0 radical (unpaired) electrons. The molecule has 0 unspecified atom stereocenters. The zero-order valence-electron chi connectivity index (χ0n) is 8.75. The SMILES string of the molecule is CNCc1cnc2nc(C3CC3)[nH]c2c1. The van der Waals surface area contributed by atoms with Crippen molar-refractivity contribution in [2.24, 2.45) is 0 Å². The zero-order chi connectivity index (χ0) is 10.3. The molecule has 2 aromatic rings. The van der Waals surface area contributed by atoms with Gasteiger partial charge in [0.05, 0.1) is 5.52 Å². The van der Waals surface area contributed by atoms with Crippen LogP contribution in [0.2, 0.25) is 0 Å². The lowest BCUT2D eigenvalue weighted by Crippen LogP contribution is -2.05. The number of hydrogen-bond acceptors (Lipinski definition) is 3. The first-order valence-electron chi connectivity index (χ1n) is 5.36. The highest BCUT2D eigenvalue weighted by molar-refractivity contribution is 5.71. The number of aromatic amines is 1. The summed E-state index contributed by atoms with van der Waals surface area (Å²) in [6.07, 6.45) is 4.42. The standard InChI is InChI=1S/C11H14N4/c1-12-5-7-4-9-11(13-6-7)15-10(14-9)8-2-3-8/h4,6,8,12H,2-3,5H2,1H3,(H,13,14,15). The molecule has 15 heavy (non-hydrogen) atoms. The molecule has 0 atom stereocenters. The lowest BCUT2D eigenvalue weighted by molar-refractivity contribution is 0.815. The minimum absolute atomic E-state index is 0.659.